The molecule has 0 spiro atoms. The van der Waals surface area contributed by atoms with Crippen LogP contribution in [0.4, 0.5) is 5.69 Å². The second-order valence-electron chi connectivity index (χ2n) is 3.08. The van der Waals surface area contributed by atoms with E-state index in [9.17, 15) is 23.3 Å². The number of nitrogens with one attached hydrogen (secondary N) is 1. The van der Waals surface area contributed by atoms with Gasteiger partial charge in [0.25, 0.3) is 20.6 Å². The lowest BCUT2D eigenvalue weighted by atomic mass is 10.2. The van der Waals surface area contributed by atoms with Gasteiger partial charge in [-0.15, -0.1) is 0 Å². The number of rotatable bonds is 3. The van der Waals surface area contributed by atoms with Crippen molar-refractivity contribution in [1.29, 1.82) is 0 Å². The SMILES string of the molecule is CNC(=O)c1cc([N+](=O)[O-])c(Cl)c(S(=O)(=O)Cl)c1. The van der Waals surface area contributed by atoms with Gasteiger partial charge in [-0.2, -0.15) is 0 Å². The minimum Gasteiger partial charge on any atom is -0.355 e. The average molecular weight is 313 g/mol. The summed E-state index contributed by atoms with van der Waals surface area (Å²) in [5.74, 6) is -0.698. The minimum atomic E-state index is -4.30. The molecule has 1 N–H and O–H groups in total. The number of benzene rings is 1. The van der Waals surface area contributed by atoms with Crippen molar-refractivity contribution in [3.8, 4) is 0 Å². The summed E-state index contributed by atoms with van der Waals surface area (Å²) in [5.41, 5.74) is -0.940. The molecule has 0 aromatic heterocycles. The van der Waals surface area contributed by atoms with E-state index in [-0.39, 0.29) is 5.56 Å². The number of nitro groups is 1. The van der Waals surface area contributed by atoms with Crippen molar-refractivity contribution in [2.75, 3.05) is 7.05 Å². The van der Waals surface area contributed by atoms with Gasteiger partial charge in [0, 0.05) is 29.4 Å². The third-order valence-corrected chi connectivity index (χ3v) is 3.82. The molecule has 0 radical (unpaired) electrons. The lowest BCUT2D eigenvalue weighted by Crippen LogP contribution is -2.18. The van der Waals surface area contributed by atoms with Crippen LogP contribution in [0.3, 0.4) is 0 Å². The fourth-order valence-electron chi connectivity index (χ4n) is 1.17. The fourth-order valence-corrected chi connectivity index (χ4v) is 2.72. The first kappa shape index (κ1) is 14.7. The highest BCUT2D eigenvalue weighted by Crippen LogP contribution is 2.34. The van der Waals surface area contributed by atoms with E-state index in [0.717, 1.165) is 12.1 Å². The number of carbonyl (C=O) groups excluding carboxylic acids is 1. The van der Waals surface area contributed by atoms with E-state index in [0.29, 0.717) is 0 Å². The Morgan fingerprint density at radius 1 is 1.44 bits per heavy atom. The van der Waals surface area contributed by atoms with E-state index < -0.39 is 35.5 Å². The molecular formula is C8H6Cl2N2O5S. The number of hydrogen-bond acceptors (Lipinski definition) is 5. The van der Waals surface area contributed by atoms with Gasteiger partial charge in [-0.05, 0) is 6.07 Å². The highest BCUT2D eigenvalue weighted by molar-refractivity contribution is 8.13. The molecule has 0 saturated heterocycles. The van der Waals surface area contributed by atoms with Gasteiger partial charge >= 0.3 is 0 Å². The third-order valence-electron chi connectivity index (χ3n) is 1.97. The Hall–Kier alpha value is -1.38. The third kappa shape index (κ3) is 2.89. The van der Waals surface area contributed by atoms with Gasteiger partial charge < -0.3 is 5.32 Å². The minimum absolute atomic E-state index is 0.229. The maximum Gasteiger partial charge on any atom is 0.290 e. The molecule has 0 atom stereocenters. The molecule has 0 aliphatic carbocycles. The van der Waals surface area contributed by atoms with E-state index in [4.69, 9.17) is 22.3 Å². The van der Waals surface area contributed by atoms with Crippen LogP contribution >= 0.6 is 22.3 Å². The normalized spacial score (nSPS) is 11.1. The average Bonchev–Trinajstić information content (AvgIpc) is 2.26. The molecule has 0 aliphatic heterocycles. The maximum absolute atomic E-state index is 11.4. The number of amides is 1. The van der Waals surface area contributed by atoms with Gasteiger partial charge in [-0.1, -0.05) is 11.6 Å². The number of carbonyl (C=O) groups is 1. The van der Waals surface area contributed by atoms with Crippen LogP contribution in [0.1, 0.15) is 10.4 Å². The van der Waals surface area contributed by atoms with Crippen LogP contribution in [-0.4, -0.2) is 26.3 Å². The lowest BCUT2D eigenvalue weighted by Gasteiger charge is -2.05. The number of hydrogen-bond donors (Lipinski definition) is 1. The summed E-state index contributed by atoms with van der Waals surface area (Å²) in [4.78, 5) is 20.5. The first-order chi connectivity index (χ1) is 8.18. The Bertz CT molecular complexity index is 629. The van der Waals surface area contributed by atoms with Crippen molar-refractivity contribution >= 4 is 42.9 Å². The van der Waals surface area contributed by atoms with E-state index in [1.54, 1.807) is 0 Å². The van der Waals surface area contributed by atoms with Crippen LogP contribution in [0, 0.1) is 10.1 Å². The van der Waals surface area contributed by atoms with Gasteiger partial charge in [-0.25, -0.2) is 8.42 Å². The molecule has 1 aromatic carbocycles. The summed E-state index contributed by atoms with van der Waals surface area (Å²) in [6, 6.07) is 1.74. The molecule has 0 saturated carbocycles. The zero-order chi connectivity index (χ0) is 14.1. The predicted octanol–water partition coefficient (Wildman–Crippen LogP) is 1.54. The number of halogens is 2. The van der Waals surface area contributed by atoms with Gasteiger partial charge in [-0.3, -0.25) is 14.9 Å². The molecule has 0 bridgehead atoms. The smallest absolute Gasteiger partial charge is 0.290 e. The van der Waals surface area contributed by atoms with Crippen LogP contribution in [0.25, 0.3) is 0 Å². The zero-order valence-electron chi connectivity index (χ0n) is 8.81. The summed E-state index contributed by atoms with van der Waals surface area (Å²) >= 11 is 5.57. The highest BCUT2D eigenvalue weighted by atomic mass is 35.7. The second kappa shape index (κ2) is 5.09. The van der Waals surface area contributed by atoms with Gasteiger partial charge in [0.15, 0.2) is 0 Å². The quantitative estimate of drug-likeness (QED) is 0.517. The molecule has 1 aromatic rings. The molecule has 0 heterocycles. The molecule has 1 amide bonds. The van der Waals surface area contributed by atoms with Gasteiger partial charge in [0.1, 0.15) is 9.92 Å². The number of nitro benzene ring substituents is 1. The molecule has 18 heavy (non-hydrogen) atoms. The molecule has 7 nitrogen and oxygen atoms in total. The fraction of sp³-hybridized carbons (Fsp3) is 0.125. The first-order valence-corrected chi connectivity index (χ1v) is 7.02. The summed E-state index contributed by atoms with van der Waals surface area (Å²) in [6.07, 6.45) is 0. The summed E-state index contributed by atoms with van der Waals surface area (Å²) in [5, 5.41) is 12.3. The summed E-state index contributed by atoms with van der Waals surface area (Å²) in [7, 11) is 2.09. The Morgan fingerprint density at radius 2 is 2.00 bits per heavy atom. The van der Waals surface area contributed by atoms with Crippen molar-refractivity contribution in [3.63, 3.8) is 0 Å². The first-order valence-electron chi connectivity index (χ1n) is 4.33. The standard InChI is InChI=1S/C8H6Cl2N2O5S/c1-11-8(13)4-2-5(12(14)15)7(9)6(3-4)18(10,16)17/h2-3H,1H3,(H,11,13). The Balaban J connectivity index is 3.68. The van der Waals surface area contributed by atoms with Crippen molar-refractivity contribution in [2.45, 2.75) is 4.90 Å². The monoisotopic (exact) mass is 312 g/mol. The predicted molar refractivity (Wildman–Crippen MR) is 64.5 cm³/mol. The maximum atomic E-state index is 11.4. The molecule has 1 rings (SSSR count). The molecule has 0 aliphatic rings. The molecule has 0 fully saturated rings. The van der Waals surface area contributed by atoms with Crippen molar-refractivity contribution in [3.05, 3.63) is 32.8 Å². The summed E-state index contributed by atoms with van der Waals surface area (Å²) in [6.45, 7) is 0. The van der Waals surface area contributed by atoms with E-state index in [1.165, 1.54) is 7.05 Å². The van der Waals surface area contributed by atoms with Gasteiger partial charge in [0.05, 0.1) is 4.92 Å². The van der Waals surface area contributed by atoms with Crippen molar-refractivity contribution < 1.29 is 18.1 Å². The lowest BCUT2D eigenvalue weighted by molar-refractivity contribution is -0.384. The topological polar surface area (TPSA) is 106 Å². The van der Waals surface area contributed by atoms with Crippen LogP contribution in [0.15, 0.2) is 17.0 Å². The van der Waals surface area contributed by atoms with Crippen molar-refractivity contribution in [1.82, 2.24) is 5.32 Å². The highest BCUT2D eigenvalue weighted by Gasteiger charge is 2.26. The van der Waals surface area contributed by atoms with Crippen molar-refractivity contribution in [2.24, 2.45) is 0 Å². The van der Waals surface area contributed by atoms with Crippen LogP contribution in [0.2, 0.25) is 5.02 Å². The molecule has 98 valence electrons. The van der Waals surface area contributed by atoms with E-state index in [1.807, 2.05) is 0 Å². The Morgan fingerprint density at radius 3 is 2.39 bits per heavy atom. The van der Waals surface area contributed by atoms with E-state index in [2.05, 4.69) is 5.32 Å². The molecule has 10 heteroatoms. The number of nitrogens with zero attached hydrogens (tertiary/aromatic N) is 1. The molecular weight excluding hydrogens is 307 g/mol. The largest absolute Gasteiger partial charge is 0.355 e. The van der Waals surface area contributed by atoms with Crippen LogP contribution in [-0.2, 0) is 9.05 Å². The Kier molecular flexibility index (Phi) is 4.15. The zero-order valence-corrected chi connectivity index (χ0v) is 11.1. The summed E-state index contributed by atoms with van der Waals surface area (Å²) < 4.78 is 22.4. The Labute approximate surface area is 111 Å². The second-order valence-corrected chi connectivity index (χ2v) is 5.99. The van der Waals surface area contributed by atoms with Crippen LogP contribution in [0.5, 0.6) is 0 Å². The molecule has 0 unspecified atom stereocenters. The van der Waals surface area contributed by atoms with Crippen LogP contribution < -0.4 is 5.32 Å². The van der Waals surface area contributed by atoms with E-state index >= 15 is 0 Å². The van der Waals surface area contributed by atoms with Gasteiger partial charge in [0.2, 0.25) is 0 Å².